The predicted octanol–water partition coefficient (Wildman–Crippen LogP) is 4.33. The molecular weight excluding hydrogens is 398 g/mol. The molecule has 1 amide bonds. The van der Waals surface area contributed by atoms with E-state index in [1.54, 1.807) is 43.3 Å². The zero-order valence-corrected chi connectivity index (χ0v) is 15.3. The van der Waals surface area contributed by atoms with Gasteiger partial charge in [-0.25, -0.2) is 0 Å². The van der Waals surface area contributed by atoms with Crippen LogP contribution in [0.5, 0.6) is 11.5 Å². The van der Waals surface area contributed by atoms with Crippen molar-refractivity contribution >= 4 is 45.4 Å². The maximum Gasteiger partial charge on any atom is 0.265 e. The summed E-state index contributed by atoms with van der Waals surface area (Å²) in [5.41, 5.74) is 0.793. The highest BCUT2D eigenvalue weighted by Gasteiger charge is 2.18. The highest BCUT2D eigenvalue weighted by molar-refractivity contribution is 9.10. The fourth-order valence-electron chi connectivity index (χ4n) is 1.97. The average Bonchev–Trinajstić information content (AvgIpc) is 2.56. The fourth-order valence-corrected chi connectivity index (χ4v) is 2.53. The van der Waals surface area contributed by atoms with Crippen molar-refractivity contribution in [2.45, 2.75) is 13.0 Å². The van der Waals surface area contributed by atoms with Crippen molar-refractivity contribution in [1.82, 2.24) is 0 Å². The summed E-state index contributed by atoms with van der Waals surface area (Å²) < 4.78 is 11.5. The SMILES string of the molecule is COc1ccc(Cl)cc1NC(=O)[C@H](C)Oc1ccc(Br)cc1C=O. The molecule has 0 radical (unpaired) electrons. The molecule has 2 aromatic carbocycles. The number of ether oxygens (including phenoxy) is 2. The van der Waals surface area contributed by atoms with Gasteiger partial charge in [-0.2, -0.15) is 0 Å². The number of carbonyl (C=O) groups is 2. The number of benzene rings is 2. The number of aldehydes is 1. The van der Waals surface area contributed by atoms with Gasteiger partial charge >= 0.3 is 0 Å². The Morgan fingerprint density at radius 2 is 1.96 bits per heavy atom. The lowest BCUT2D eigenvalue weighted by Crippen LogP contribution is -2.30. The van der Waals surface area contributed by atoms with E-state index in [1.165, 1.54) is 7.11 Å². The molecule has 0 aliphatic carbocycles. The molecule has 2 rings (SSSR count). The average molecular weight is 413 g/mol. The number of hydrogen-bond donors (Lipinski definition) is 1. The van der Waals surface area contributed by atoms with Crippen molar-refractivity contribution in [3.05, 3.63) is 51.5 Å². The van der Waals surface area contributed by atoms with E-state index in [0.29, 0.717) is 34.1 Å². The fraction of sp³-hybridized carbons (Fsp3) is 0.176. The lowest BCUT2D eigenvalue weighted by Gasteiger charge is -2.17. The molecule has 0 aliphatic rings. The van der Waals surface area contributed by atoms with E-state index >= 15 is 0 Å². The molecule has 0 heterocycles. The Morgan fingerprint density at radius 3 is 2.62 bits per heavy atom. The van der Waals surface area contributed by atoms with E-state index in [2.05, 4.69) is 21.2 Å². The maximum absolute atomic E-state index is 12.3. The third-order valence-electron chi connectivity index (χ3n) is 3.19. The molecule has 5 nitrogen and oxygen atoms in total. The van der Waals surface area contributed by atoms with Crippen LogP contribution in [0.4, 0.5) is 5.69 Å². The number of carbonyl (C=O) groups excluding carboxylic acids is 2. The number of halogens is 2. The minimum Gasteiger partial charge on any atom is -0.495 e. The first-order chi connectivity index (χ1) is 11.4. The van der Waals surface area contributed by atoms with E-state index in [1.807, 2.05) is 0 Å². The van der Waals surface area contributed by atoms with E-state index < -0.39 is 12.0 Å². The smallest absolute Gasteiger partial charge is 0.265 e. The van der Waals surface area contributed by atoms with Crippen LogP contribution < -0.4 is 14.8 Å². The molecule has 0 bridgehead atoms. The van der Waals surface area contributed by atoms with E-state index in [4.69, 9.17) is 21.1 Å². The third-order valence-corrected chi connectivity index (χ3v) is 3.92. The standard InChI is InChI=1S/C17H15BrClNO4/c1-10(24-15-5-3-12(18)7-11(15)9-21)17(22)20-14-8-13(19)4-6-16(14)23-2/h3-10H,1-2H3,(H,20,22)/t10-/m0/s1. The Balaban J connectivity index is 2.13. The van der Waals surface area contributed by atoms with Gasteiger partial charge in [-0.3, -0.25) is 9.59 Å². The minimum atomic E-state index is -0.825. The quantitative estimate of drug-likeness (QED) is 0.717. The van der Waals surface area contributed by atoms with Crippen LogP contribution in [0.2, 0.25) is 5.02 Å². The van der Waals surface area contributed by atoms with E-state index in [-0.39, 0.29) is 0 Å². The summed E-state index contributed by atoms with van der Waals surface area (Å²) in [5.74, 6) is 0.418. The summed E-state index contributed by atoms with van der Waals surface area (Å²) in [7, 11) is 1.50. The van der Waals surface area contributed by atoms with Crippen LogP contribution in [0.15, 0.2) is 40.9 Å². The van der Waals surface area contributed by atoms with Crippen molar-refractivity contribution < 1.29 is 19.1 Å². The first-order valence-electron chi connectivity index (χ1n) is 7.00. The monoisotopic (exact) mass is 411 g/mol. The molecule has 0 fully saturated rings. The van der Waals surface area contributed by atoms with Crippen molar-refractivity contribution in [2.24, 2.45) is 0 Å². The number of hydrogen-bond acceptors (Lipinski definition) is 4. The first-order valence-corrected chi connectivity index (χ1v) is 8.17. The molecule has 0 saturated carbocycles. The van der Waals surface area contributed by atoms with E-state index in [9.17, 15) is 9.59 Å². The molecule has 24 heavy (non-hydrogen) atoms. The Labute approximate surface area is 153 Å². The van der Waals surface area contributed by atoms with Gasteiger partial charge in [-0.05, 0) is 43.3 Å². The van der Waals surface area contributed by atoms with Crippen LogP contribution in [0.25, 0.3) is 0 Å². The van der Waals surface area contributed by atoms with Crippen LogP contribution in [-0.2, 0) is 4.79 Å². The van der Waals surface area contributed by atoms with Crippen LogP contribution >= 0.6 is 27.5 Å². The normalized spacial score (nSPS) is 11.5. The van der Waals surface area contributed by atoms with E-state index in [0.717, 1.165) is 4.47 Å². The number of anilines is 1. The molecular formula is C17H15BrClNO4. The first kappa shape index (κ1) is 18.3. The third kappa shape index (κ3) is 4.49. The second-order valence-electron chi connectivity index (χ2n) is 4.89. The zero-order chi connectivity index (χ0) is 17.7. The molecule has 1 N–H and O–H groups in total. The largest absolute Gasteiger partial charge is 0.495 e. The van der Waals surface area contributed by atoms with Gasteiger partial charge < -0.3 is 14.8 Å². The highest BCUT2D eigenvalue weighted by atomic mass is 79.9. The lowest BCUT2D eigenvalue weighted by molar-refractivity contribution is -0.122. The Bertz CT molecular complexity index is 766. The summed E-state index contributed by atoms with van der Waals surface area (Å²) in [6, 6.07) is 9.87. The number of rotatable bonds is 6. The molecule has 1 atom stereocenters. The summed E-state index contributed by atoms with van der Waals surface area (Å²) >= 11 is 9.22. The summed E-state index contributed by atoms with van der Waals surface area (Å²) in [5, 5.41) is 3.17. The van der Waals surface area contributed by atoms with Gasteiger partial charge in [-0.1, -0.05) is 27.5 Å². The number of amides is 1. The summed E-state index contributed by atoms with van der Waals surface area (Å²) in [4.78, 5) is 23.4. The van der Waals surface area contributed by atoms with Crippen LogP contribution in [0.3, 0.4) is 0 Å². The minimum absolute atomic E-state index is 0.328. The molecule has 0 saturated heterocycles. The van der Waals surface area contributed by atoms with Crippen LogP contribution in [-0.4, -0.2) is 25.4 Å². The molecule has 0 spiro atoms. The van der Waals surface area contributed by atoms with Gasteiger partial charge in [0.15, 0.2) is 12.4 Å². The second kappa shape index (κ2) is 8.17. The maximum atomic E-state index is 12.3. The second-order valence-corrected chi connectivity index (χ2v) is 6.25. The molecule has 0 aromatic heterocycles. The summed E-state index contributed by atoms with van der Waals surface area (Å²) in [6.07, 6.45) is -0.154. The molecule has 126 valence electrons. The molecule has 0 unspecified atom stereocenters. The van der Waals surface area contributed by atoms with Gasteiger partial charge in [0.05, 0.1) is 18.4 Å². The van der Waals surface area contributed by atoms with Gasteiger partial charge in [-0.15, -0.1) is 0 Å². The predicted molar refractivity (Wildman–Crippen MR) is 96.3 cm³/mol. The Morgan fingerprint density at radius 1 is 1.25 bits per heavy atom. The van der Waals surface area contributed by atoms with Crippen molar-refractivity contribution in [1.29, 1.82) is 0 Å². The van der Waals surface area contributed by atoms with Gasteiger partial charge in [0.25, 0.3) is 5.91 Å². The molecule has 2 aromatic rings. The zero-order valence-electron chi connectivity index (χ0n) is 13.0. The number of nitrogens with one attached hydrogen (secondary N) is 1. The van der Waals surface area contributed by atoms with Crippen LogP contribution in [0, 0.1) is 0 Å². The summed E-state index contributed by atoms with van der Waals surface area (Å²) in [6.45, 7) is 1.59. The van der Waals surface area contributed by atoms with Crippen molar-refractivity contribution in [2.75, 3.05) is 12.4 Å². The van der Waals surface area contributed by atoms with Gasteiger partial charge in [0.1, 0.15) is 11.5 Å². The Kier molecular flexibility index (Phi) is 6.23. The van der Waals surface area contributed by atoms with Crippen molar-refractivity contribution in [3.63, 3.8) is 0 Å². The van der Waals surface area contributed by atoms with Gasteiger partial charge in [0, 0.05) is 9.50 Å². The molecule has 7 heteroatoms. The van der Waals surface area contributed by atoms with Gasteiger partial charge in [0.2, 0.25) is 0 Å². The highest BCUT2D eigenvalue weighted by Crippen LogP contribution is 2.28. The number of methoxy groups -OCH3 is 1. The topological polar surface area (TPSA) is 64.6 Å². The lowest BCUT2D eigenvalue weighted by atomic mass is 10.2. The van der Waals surface area contributed by atoms with Crippen LogP contribution in [0.1, 0.15) is 17.3 Å². The Hall–Kier alpha value is -2.05. The van der Waals surface area contributed by atoms with Crippen molar-refractivity contribution in [3.8, 4) is 11.5 Å². The molecule has 0 aliphatic heterocycles.